The van der Waals surface area contributed by atoms with Crippen LogP contribution in [-0.4, -0.2) is 34.5 Å². The van der Waals surface area contributed by atoms with Crippen LogP contribution in [0.4, 0.5) is 0 Å². The van der Waals surface area contributed by atoms with E-state index in [1.807, 2.05) is 0 Å². The molecule has 92 valence electrons. The van der Waals surface area contributed by atoms with Gasteiger partial charge in [0.15, 0.2) is 17.6 Å². The summed E-state index contributed by atoms with van der Waals surface area (Å²) in [6.07, 6.45) is -0.414. The zero-order valence-corrected chi connectivity index (χ0v) is 9.38. The van der Waals surface area contributed by atoms with E-state index in [1.54, 1.807) is 18.2 Å². The molecular weight excluding hydrogens is 224 g/mol. The Kier molecular flexibility index (Phi) is 2.71. The van der Waals surface area contributed by atoms with Crippen LogP contribution in [0, 0.1) is 0 Å². The van der Waals surface area contributed by atoms with Crippen LogP contribution in [0.25, 0.3) is 0 Å². The fourth-order valence-electron chi connectivity index (χ4n) is 2.15. The summed E-state index contributed by atoms with van der Waals surface area (Å²) in [6.45, 7) is 0. The number of aliphatic hydroxyl groups is 1. The van der Waals surface area contributed by atoms with Crippen molar-refractivity contribution in [2.75, 3.05) is 7.11 Å². The molecule has 5 nitrogen and oxygen atoms in total. The Balaban J connectivity index is 2.44. The monoisotopic (exact) mass is 238 g/mol. The van der Waals surface area contributed by atoms with Gasteiger partial charge in [0.05, 0.1) is 7.11 Å². The lowest BCUT2D eigenvalue weighted by atomic mass is 9.89. The Morgan fingerprint density at radius 2 is 2.12 bits per heavy atom. The molecule has 0 amide bonds. The highest BCUT2D eigenvalue weighted by molar-refractivity contribution is 5.76. The molecule has 3 N–H and O–H groups in total. The summed E-state index contributed by atoms with van der Waals surface area (Å²) in [5, 5.41) is 28.5. The second-order valence-electron chi connectivity index (χ2n) is 4.25. The highest BCUT2D eigenvalue weighted by Gasteiger charge is 2.55. The molecule has 17 heavy (non-hydrogen) atoms. The number of ether oxygens (including phenoxy) is 1. The molecule has 1 fully saturated rings. The van der Waals surface area contributed by atoms with E-state index >= 15 is 0 Å². The third-order valence-electron chi connectivity index (χ3n) is 3.30. The van der Waals surface area contributed by atoms with Crippen molar-refractivity contribution in [3.63, 3.8) is 0 Å². The molecule has 0 saturated heterocycles. The van der Waals surface area contributed by atoms with Gasteiger partial charge in [0.2, 0.25) is 0 Å². The van der Waals surface area contributed by atoms with Crippen molar-refractivity contribution in [2.45, 2.75) is 24.4 Å². The van der Waals surface area contributed by atoms with Gasteiger partial charge in [-0.25, -0.2) is 4.79 Å². The van der Waals surface area contributed by atoms with Crippen LogP contribution in [-0.2, 0) is 10.2 Å². The molecule has 2 rings (SSSR count). The van der Waals surface area contributed by atoms with Gasteiger partial charge in [0.25, 0.3) is 0 Å². The molecule has 0 bridgehead atoms. The Labute approximate surface area is 98.3 Å². The quantitative estimate of drug-likeness (QED) is 0.724. The number of methoxy groups -OCH3 is 1. The van der Waals surface area contributed by atoms with Gasteiger partial charge in [-0.05, 0) is 18.9 Å². The topological polar surface area (TPSA) is 87.0 Å². The average Bonchev–Trinajstić information content (AvgIpc) is 3.09. The van der Waals surface area contributed by atoms with E-state index in [0.29, 0.717) is 18.4 Å². The van der Waals surface area contributed by atoms with Gasteiger partial charge in [0.1, 0.15) is 0 Å². The van der Waals surface area contributed by atoms with Gasteiger partial charge in [-0.3, -0.25) is 0 Å². The SMILES string of the molecule is COc1cccc(C2(C(O)C(=O)O)CC2)c1O. The number of aliphatic carboxylic acids is 1. The van der Waals surface area contributed by atoms with Crippen molar-refractivity contribution in [1.29, 1.82) is 0 Å². The molecule has 0 radical (unpaired) electrons. The number of hydrogen-bond donors (Lipinski definition) is 3. The molecule has 1 aromatic rings. The molecule has 1 atom stereocenters. The lowest BCUT2D eigenvalue weighted by Crippen LogP contribution is -2.33. The zero-order valence-electron chi connectivity index (χ0n) is 9.38. The molecule has 1 aliphatic carbocycles. The summed E-state index contributed by atoms with van der Waals surface area (Å²) in [5.74, 6) is -1.08. The number of carboxylic acids is 1. The van der Waals surface area contributed by atoms with Crippen molar-refractivity contribution in [1.82, 2.24) is 0 Å². The van der Waals surface area contributed by atoms with E-state index in [-0.39, 0.29) is 11.5 Å². The maximum Gasteiger partial charge on any atom is 0.333 e. The Morgan fingerprint density at radius 1 is 1.47 bits per heavy atom. The summed E-state index contributed by atoms with van der Waals surface area (Å²) < 4.78 is 4.97. The van der Waals surface area contributed by atoms with Gasteiger partial charge in [0, 0.05) is 11.0 Å². The summed E-state index contributed by atoms with van der Waals surface area (Å²) in [6, 6.07) is 4.88. The number of para-hydroxylation sites is 1. The third kappa shape index (κ3) is 1.72. The van der Waals surface area contributed by atoms with E-state index in [1.165, 1.54) is 7.11 Å². The van der Waals surface area contributed by atoms with Crippen LogP contribution in [0.3, 0.4) is 0 Å². The average molecular weight is 238 g/mol. The van der Waals surface area contributed by atoms with Gasteiger partial charge < -0.3 is 20.1 Å². The number of aromatic hydroxyl groups is 1. The van der Waals surface area contributed by atoms with Gasteiger partial charge in [-0.2, -0.15) is 0 Å². The fraction of sp³-hybridized carbons (Fsp3) is 0.417. The van der Waals surface area contributed by atoms with Crippen molar-refractivity contribution >= 4 is 5.97 Å². The van der Waals surface area contributed by atoms with E-state index in [4.69, 9.17) is 9.84 Å². The first kappa shape index (κ1) is 11.7. The largest absolute Gasteiger partial charge is 0.504 e. The number of hydrogen-bond acceptors (Lipinski definition) is 4. The first-order chi connectivity index (χ1) is 8.03. The van der Waals surface area contributed by atoms with Crippen molar-refractivity contribution in [3.05, 3.63) is 23.8 Å². The first-order valence-corrected chi connectivity index (χ1v) is 5.30. The van der Waals surface area contributed by atoms with Crippen LogP contribution >= 0.6 is 0 Å². The van der Waals surface area contributed by atoms with Crippen LogP contribution in [0.5, 0.6) is 11.5 Å². The molecule has 1 aromatic carbocycles. The minimum Gasteiger partial charge on any atom is -0.504 e. The lowest BCUT2D eigenvalue weighted by molar-refractivity contribution is -0.148. The summed E-state index contributed by atoms with van der Waals surface area (Å²) >= 11 is 0. The van der Waals surface area contributed by atoms with Gasteiger partial charge in [-0.15, -0.1) is 0 Å². The molecule has 0 spiro atoms. The van der Waals surface area contributed by atoms with Crippen molar-refractivity contribution in [2.24, 2.45) is 0 Å². The Morgan fingerprint density at radius 3 is 2.59 bits per heavy atom. The standard InChI is InChI=1S/C12H14O5/c1-17-8-4-2-3-7(9(8)13)12(5-6-12)10(14)11(15)16/h2-4,10,13-14H,5-6H2,1H3,(H,15,16). The maximum absolute atomic E-state index is 10.9. The maximum atomic E-state index is 10.9. The van der Waals surface area contributed by atoms with Crippen LogP contribution in [0.2, 0.25) is 0 Å². The Hall–Kier alpha value is -1.75. The number of phenolic OH excluding ortho intramolecular Hbond substituents is 1. The molecule has 0 heterocycles. The zero-order chi connectivity index (χ0) is 12.6. The van der Waals surface area contributed by atoms with Gasteiger partial charge >= 0.3 is 5.97 Å². The number of rotatable bonds is 4. The van der Waals surface area contributed by atoms with E-state index in [9.17, 15) is 15.0 Å². The van der Waals surface area contributed by atoms with E-state index in [2.05, 4.69) is 0 Å². The van der Waals surface area contributed by atoms with Gasteiger partial charge in [-0.1, -0.05) is 12.1 Å². The van der Waals surface area contributed by atoms with Crippen LogP contribution in [0.1, 0.15) is 18.4 Å². The number of carboxylic acid groups (broad SMARTS) is 1. The smallest absolute Gasteiger partial charge is 0.333 e. The van der Waals surface area contributed by atoms with E-state index < -0.39 is 17.5 Å². The molecular formula is C12H14O5. The number of carbonyl (C=O) groups is 1. The fourth-order valence-corrected chi connectivity index (χ4v) is 2.15. The normalized spacial score (nSPS) is 18.5. The molecule has 5 heteroatoms. The molecule has 0 aliphatic heterocycles. The lowest BCUT2D eigenvalue weighted by Gasteiger charge is -2.21. The second-order valence-corrected chi connectivity index (χ2v) is 4.25. The van der Waals surface area contributed by atoms with Crippen molar-refractivity contribution in [3.8, 4) is 11.5 Å². The number of phenols is 1. The third-order valence-corrected chi connectivity index (χ3v) is 3.30. The highest BCUT2D eigenvalue weighted by atomic mass is 16.5. The predicted molar refractivity (Wildman–Crippen MR) is 59.2 cm³/mol. The summed E-state index contributed by atoms with van der Waals surface area (Å²) in [5.41, 5.74) is -0.434. The minimum absolute atomic E-state index is 0.0900. The number of benzene rings is 1. The second kappa shape index (κ2) is 3.92. The molecule has 1 aliphatic rings. The summed E-state index contributed by atoms with van der Waals surface area (Å²) in [7, 11) is 1.42. The van der Waals surface area contributed by atoms with Crippen LogP contribution < -0.4 is 4.74 Å². The highest BCUT2D eigenvalue weighted by Crippen LogP contribution is 2.55. The predicted octanol–water partition coefficient (Wildman–Crippen LogP) is 0.878. The summed E-state index contributed by atoms with van der Waals surface area (Å²) in [4.78, 5) is 10.9. The first-order valence-electron chi connectivity index (χ1n) is 5.30. The molecule has 0 aromatic heterocycles. The van der Waals surface area contributed by atoms with Crippen LogP contribution in [0.15, 0.2) is 18.2 Å². The number of aliphatic hydroxyl groups excluding tert-OH is 1. The molecule has 1 unspecified atom stereocenters. The van der Waals surface area contributed by atoms with E-state index in [0.717, 1.165) is 0 Å². The molecule has 1 saturated carbocycles. The minimum atomic E-state index is -1.50. The Bertz CT molecular complexity index is 450. The van der Waals surface area contributed by atoms with Crippen molar-refractivity contribution < 1.29 is 24.9 Å².